The van der Waals surface area contributed by atoms with Crippen LogP contribution in [0.15, 0.2) is 4.99 Å². The molecule has 0 atom stereocenters. The topological polar surface area (TPSA) is 66.0 Å². The average Bonchev–Trinajstić information content (AvgIpc) is 3.07. The number of guanidine groups is 1. The number of hydrogen-bond acceptors (Lipinski definition) is 3. The molecule has 1 amide bonds. The number of nitrogens with zero attached hydrogens (tertiary/aromatic N) is 2. The van der Waals surface area contributed by atoms with Crippen molar-refractivity contribution in [1.29, 1.82) is 0 Å². The molecule has 2 N–H and O–H groups in total. The largest absolute Gasteiger partial charge is 0.373 e. The minimum Gasteiger partial charge on any atom is -0.373 e. The lowest BCUT2D eigenvalue weighted by Crippen LogP contribution is -2.43. The molecule has 6 nitrogen and oxygen atoms in total. The Balaban J connectivity index is 0.00000364. The van der Waals surface area contributed by atoms with E-state index in [2.05, 4.69) is 24.5 Å². The summed E-state index contributed by atoms with van der Waals surface area (Å²) in [5.74, 6) is 1.17. The molecule has 1 aliphatic carbocycles. The fourth-order valence-corrected chi connectivity index (χ4v) is 3.84. The Morgan fingerprint density at radius 1 is 1.19 bits per heavy atom. The van der Waals surface area contributed by atoms with E-state index in [1.165, 1.54) is 19.3 Å². The summed E-state index contributed by atoms with van der Waals surface area (Å²) in [6.45, 7) is 9.24. The zero-order valence-corrected chi connectivity index (χ0v) is 19.6. The van der Waals surface area contributed by atoms with Gasteiger partial charge in [0.25, 0.3) is 0 Å². The monoisotopic (exact) mass is 494 g/mol. The molecular formula is C20H39IN4O2. The maximum absolute atomic E-state index is 11.7. The van der Waals surface area contributed by atoms with E-state index in [1.807, 2.05) is 4.90 Å². The van der Waals surface area contributed by atoms with E-state index in [0.717, 1.165) is 83.8 Å². The number of ether oxygens (including phenoxy) is 1. The third-order valence-corrected chi connectivity index (χ3v) is 5.32. The van der Waals surface area contributed by atoms with Gasteiger partial charge < -0.3 is 20.3 Å². The Hall–Kier alpha value is -0.570. The van der Waals surface area contributed by atoms with Crippen LogP contribution in [0, 0.1) is 0 Å². The van der Waals surface area contributed by atoms with Crippen molar-refractivity contribution in [3.05, 3.63) is 0 Å². The van der Waals surface area contributed by atoms with Gasteiger partial charge in [0.05, 0.1) is 12.1 Å². The molecule has 0 unspecified atom stereocenters. The van der Waals surface area contributed by atoms with Gasteiger partial charge in [-0.2, -0.15) is 0 Å². The van der Waals surface area contributed by atoms with Gasteiger partial charge in [0.15, 0.2) is 5.96 Å². The van der Waals surface area contributed by atoms with E-state index in [4.69, 9.17) is 9.73 Å². The van der Waals surface area contributed by atoms with Crippen molar-refractivity contribution < 1.29 is 9.53 Å². The molecule has 0 aromatic rings. The number of nitrogens with one attached hydrogen (secondary N) is 2. The van der Waals surface area contributed by atoms with Crippen LogP contribution >= 0.6 is 24.0 Å². The SMILES string of the molecule is CCCOC1(CN=C(NCC)NCCCN2CCCC2=O)CCCCC1.I. The number of halogens is 1. The van der Waals surface area contributed by atoms with Crippen LogP contribution in [0.3, 0.4) is 0 Å². The number of amides is 1. The quantitative estimate of drug-likeness (QED) is 0.212. The maximum atomic E-state index is 11.7. The van der Waals surface area contributed by atoms with Gasteiger partial charge >= 0.3 is 0 Å². The molecule has 158 valence electrons. The van der Waals surface area contributed by atoms with E-state index < -0.39 is 0 Å². The highest BCUT2D eigenvalue weighted by molar-refractivity contribution is 14.0. The van der Waals surface area contributed by atoms with Crippen molar-refractivity contribution in [1.82, 2.24) is 15.5 Å². The van der Waals surface area contributed by atoms with Crippen LogP contribution in [0.25, 0.3) is 0 Å². The summed E-state index contributed by atoms with van der Waals surface area (Å²) in [5, 5.41) is 6.75. The fourth-order valence-electron chi connectivity index (χ4n) is 3.84. The first-order valence-electron chi connectivity index (χ1n) is 10.6. The van der Waals surface area contributed by atoms with E-state index in [1.54, 1.807) is 0 Å². The Kier molecular flexibility index (Phi) is 12.3. The molecule has 1 saturated carbocycles. The lowest BCUT2D eigenvalue weighted by molar-refractivity contribution is -0.127. The minimum atomic E-state index is -0.0709. The summed E-state index contributed by atoms with van der Waals surface area (Å²) < 4.78 is 6.25. The van der Waals surface area contributed by atoms with Gasteiger partial charge in [-0.1, -0.05) is 26.2 Å². The second-order valence-corrected chi connectivity index (χ2v) is 7.55. The molecule has 1 aliphatic heterocycles. The summed E-state index contributed by atoms with van der Waals surface area (Å²) in [5.41, 5.74) is -0.0709. The highest BCUT2D eigenvalue weighted by atomic mass is 127. The number of carbonyl (C=O) groups excluding carboxylic acids is 1. The molecule has 2 rings (SSSR count). The number of rotatable bonds is 10. The lowest BCUT2D eigenvalue weighted by atomic mass is 9.84. The van der Waals surface area contributed by atoms with Crippen LogP contribution in [-0.4, -0.2) is 61.7 Å². The molecule has 1 heterocycles. The molecule has 2 aliphatic rings. The molecule has 0 aromatic carbocycles. The zero-order valence-electron chi connectivity index (χ0n) is 17.2. The van der Waals surface area contributed by atoms with Crippen LogP contribution in [0.1, 0.15) is 71.6 Å². The van der Waals surface area contributed by atoms with E-state index in [0.29, 0.717) is 5.91 Å². The van der Waals surface area contributed by atoms with E-state index >= 15 is 0 Å². The molecule has 0 radical (unpaired) electrons. The Bertz CT molecular complexity index is 453. The van der Waals surface area contributed by atoms with Crippen molar-refractivity contribution in [2.75, 3.05) is 39.3 Å². The van der Waals surface area contributed by atoms with E-state index in [-0.39, 0.29) is 29.6 Å². The van der Waals surface area contributed by atoms with Crippen LogP contribution in [0.4, 0.5) is 0 Å². The van der Waals surface area contributed by atoms with Crippen LogP contribution in [-0.2, 0) is 9.53 Å². The second-order valence-electron chi connectivity index (χ2n) is 7.55. The van der Waals surface area contributed by atoms with Crippen LogP contribution in [0.2, 0.25) is 0 Å². The molecular weight excluding hydrogens is 455 g/mol. The van der Waals surface area contributed by atoms with Gasteiger partial charge in [0.2, 0.25) is 5.91 Å². The highest BCUT2D eigenvalue weighted by Crippen LogP contribution is 2.32. The standard InChI is InChI=1S/C20H38N4O2.HI/c1-3-16-26-20(11-6-5-7-12-20)17-23-19(21-4-2)22-13-9-15-24-14-8-10-18(24)25;/h3-17H2,1-2H3,(H2,21,22,23);1H. The van der Waals surface area contributed by atoms with Crippen LogP contribution in [0.5, 0.6) is 0 Å². The number of likely N-dealkylation sites (tertiary alicyclic amines) is 1. The van der Waals surface area contributed by atoms with Gasteiger partial charge in [-0.05, 0) is 39.0 Å². The molecule has 7 heteroatoms. The minimum absolute atomic E-state index is 0. The number of hydrogen-bond donors (Lipinski definition) is 2. The number of aliphatic imine (C=N–C) groups is 1. The molecule has 0 spiro atoms. The molecule has 1 saturated heterocycles. The molecule has 0 aromatic heterocycles. The number of carbonyl (C=O) groups is 1. The molecule has 2 fully saturated rings. The molecule has 0 bridgehead atoms. The predicted octanol–water partition coefficient (Wildman–Crippen LogP) is 3.30. The fraction of sp³-hybridized carbons (Fsp3) is 0.900. The van der Waals surface area contributed by atoms with E-state index in [9.17, 15) is 4.79 Å². The third kappa shape index (κ3) is 8.54. The van der Waals surface area contributed by atoms with Crippen LogP contribution < -0.4 is 10.6 Å². The average molecular weight is 494 g/mol. The summed E-state index contributed by atoms with van der Waals surface area (Å²) >= 11 is 0. The zero-order chi connectivity index (χ0) is 18.7. The summed E-state index contributed by atoms with van der Waals surface area (Å²) in [6.07, 6.45) is 9.77. The smallest absolute Gasteiger partial charge is 0.222 e. The second kappa shape index (κ2) is 13.6. The third-order valence-electron chi connectivity index (χ3n) is 5.32. The first-order chi connectivity index (χ1) is 12.7. The maximum Gasteiger partial charge on any atom is 0.222 e. The van der Waals surface area contributed by atoms with Crippen molar-refractivity contribution in [2.45, 2.75) is 77.2 Å². The predicted molar refractivity (Wildman–Crippen MR) is 122 cm³/mol. The summed E-state index contributed by atoms with van der Waals surface area (Å²) in [7, 11) is 0. The summed E-state index contributed by atoms with van der Waals surface area (Å²) in [6, 6.07) is 0. The molecule has 27 heavy (non-hydrogen) atoms. The first-order valence-corrected chi connectivity index (χ1v) is 10.6. The Labute approximate surface area is 182 Å². The van der Waals surface area contributed by atoms with Gasteiger partial charge in [0, 0.05) is 39.2 Å². The first kappa shape index (κ1) is 24.5. The van der Waals surface area contributed by atoms with Gasteiger partial charge in [-0.3, -0.25) is 9.79 Å². The van der Waals surface area contributed by atoms with Crippen molar-refractivity contribution in [2.24, 2.45) is 4.99 Å². The van der Waals surface area contributed by atoms with Gasteiger partial charge in [-0.25, -0.2) is 0 Å². The van der Waals surface area contributed by atoms with Gasteiger partial charge in [-0.15, -0.1) is 24.0 Å². The highest BCUT2D eigenvalue weighted by Gasteiger charge is 2.32. The Morgan fingerprint density at radius 3 is 2.59 bits per heavy atom. The van der Waals surface area contributed by atoms with Crippen molar-refractivity contribution in [3.8, 4) is 0 Å². The van der Waals surface area contributed by atoms with Gasteiger partial charge in [0.1, 0.15) is 0 Å². The normalized spacial score (nSPS) is 19.7. The van der Waals surface area contributed by atoms with Crippen molar-refractivity contribution >= 4 is 35.8 Å². The van der Waals surface area contributed by atoms with Crippen molar-refractivity contribution in [3.63, 3.8) is 0 Å². The lowest BCUT2D eigenvalue weighted by Gasteiger charge is -2.36. The Morgan fingerprint density at radius 2 is 1.96 bits per heavy atom. The summed E-state index contributed by atoms with van der Waals surface area (Å²) in [4.78, 5) is 18.5.